The van der Waals surface area contributed by atoms with Crippen molar-refractivity contribution in [3.05, 3.63) is 0 Å². The Morgan fingerprint density at radius 2 is 2.16 bits per heavy atom. The SMILES string of the molecule is CCC(C(=O)N1CC2CCCCN2CC1C)C(N)=S. The number of rotatable bonds is 3. The van der Waals surface area contributed by atoms with Crippen LogP contribution in [0.2, 0.25) is 0 Å². The number of piperazine rings is 1. The van der Waals surface area contributed by atoms with E-state index in [9.17, 15) is 4.79 Å². The highest BCUT2D eigenvalue weighted by atomic mass is 32.1. The monoisotopic (exact) mass is 283 g/mol. The molecule has 0 bridgehead atoms. The second kappa shape index (κ2) is 6.18. The van der Waals surface area contributed by atoms with Crippen molar-refractivity contribution in [1.29, 1.82) is 0 Å². The van der Waals surface area contributed by atoms with E-state index in [1.807, 2.05) is 11.8 Å². The van der Waals surface area contributed by atoms with Crippen molar-refractivity contribution in [3.63, 3.8) is 0 Å². The molecule has 1 amide bonds. The van der Waals surface area contributed by atoms with Gasteiger partial charge in [-0.1, -0.05) is 25.6 Å². The summed E-state index contributed by atoms with van der Waals surface area (Å²) in [4.78, 5) is 17.5. The van der Waals surface area contributed by atoms with Gasteiger partial charge < -0.3 is 10.6 Å². The summed E-state index contributed by atoms with van der Waals surface area (Å²) in [5.74, 6) is -0.152. The number of nitrogens with two attached hydrogens (primary N) is 1. The summed E-state index contributed by atoms with van der Waals surface area (Å²) >= 11 is 5.04. The maximum atomic E-state index is 12.6. The first kappa shape index (κ1) is 14.7. The summed E-state index contributed by atoms with van der Waals surface area (Å²) in [6.45, 7) is 7.13. The number of amides is 1. The fourth-order valence-corrected chi connectivity index (χ4v) is 3.62. The quantitative estimate of drug-likeness (QED) is 0.795. The van der Waals surface area contributed by atoms with Crippen LogP contribution in [-0.4, -0.2) is 52.4 Å². The van der Waals surface area contributed by atoms with Crippen molar-refractivity contribution < 1.29 is 4.79 Å². The summed E-state index contributed by atoms with van der Waals surface area (Å²) in [5, 5.41) is 0. The molecule has 0 spiro atoms. The van der Waals surface area contributed by atoms with E-state index in [1.165, 1.54) is 25.8 Å². The first-order valence-corrected chi connectivity index (χ1v) is 7.79. The maximum Gasteiger partial charge on any atom is 0.232 e. The lowest BCUT2D eigenvalue weighted by atomic mass is 9.95. The third kappa shape index (κ3) is 3.08. The summed E-state index contributed by atoms with van der Waals surface area (Å²) in [7, 11) is 0. The lowest BCUT2D eigenvalue weighted by Gasteiger charge is -2.48. The minimum absolute atomic E-state index is 0.132. The van der Waals surface area contributed by atoms with Crippen LogP contribution in [0.3, 0.4) is 0 Å². The summed E-state index contributed by atoms with van der Waals surface area (Å²) < 4.78 is 0. The molecule has 2 N–H and O–H groups in total. The molecule has 19 heavy (non-hydrogen) atoms. The number of hydrogen-bond donors (Lipinski definition) is 1. The smallest absolute Gasteiger partial charge is 0.232 e. The number of fused-ring (bicyclic) bond motifs is 1. The van der Waals surface area contributed by atoms with Crippen LogP contribution in [0.1, 0.15) is 39.5 Å². The Hall–Kier alpha value is -0.680. The zero-order valence-electron chi connectivity index (χ0n) is 12.0. The molecule has 3 atom stereocenters. The topological polar surface area (TPSA) is 49.6 Å². The maximum absolute atomic E-state index is 12.6. The fraction of sp³-hybridized carbons (Fsp3) is 0.857. The van der Waals surface area contributed by atoms with Crippen LogP contribution < -0.4 is 5.73 Å². The lowest BCUT2D eigenvalue weighted by Crippen LogP contribution is -2.61. The third-order valence-electron chi connectivity index (χ3n) is 4.52. The Bertz CT molecular complexity index is 361. The Kier molecular flexibility index (Phi) is 4.79. The Balaban J connectivity index is 2.07. The Labute approximate surface area is 121 Å². The molecule has 0 aromatic rings. The van der Waals surface area contributed by atoms with Gasteiger partial charge in [0.05, 0.1) is 10.9 Å². The highest BCUT2D eigenvalue weighted by Gasteiger charge is 2.37. The Morgan fingerprint density at radius 3 is 2.79 bits per heavy atom. The molecule has 2 aliphatic heterocycles. The molecule has 3 unspecified atom stereocenters. The van der Waals surface area contributed by atoms with Gasteiger partial charge in [-0.2, -0.15) is 0 Å². The molecular weight excluding hydrogens is 258 g/mol. The number of nitrogens with zero attached hydrogens (tertiary/aromatic N) is 2. The molecule has 0 aromatic carbocycles. The van der Waals surface area contributed by atoms with Crippen LogP contribution in [0, 0.1) is 5.92 Å². The van der Waals surface area contributed by atoms with E-state index in [2.05, 4.69) is 11.8 Å². The zero-order valence-corrected chi connectivity index (χ0v) is 12.8. The highest BCUT2D eigenvalue weighted by molar-refractivity contribution is 7.80. The molecule has 2 saturated heterocycles. The normalized spacial score (nSPS) is 29.7. The summed E-state index contributed by atoms with van der Waals surface area (Å²) in [5.41, 5.74) is 5.71. The van der Waals surface area contributed by atoms with Gasteiger partial charge in [0, 0.05) is 25.2 Å². The average Bonchev–Trinajstić information content (AvgIpc) is 2.38. The second-order valence-corrected chi connectivity index (χ2v) is 6.32. The van der Waals surface area contributed by atoms with E-state index in [4.69, 9.17) is 18.0 Å². The molecule has 2 heterocycles. The first-order valence-electron chi connectivity index (χ1n) is 7.38. The molecule has 0 aromatic heterocycles. The van der Waals surface area contributed by atoms with Gasteiger partial charge in [0.25, 0.3) is 0 Å². The number of hydrogen-bond acceptors (Lipinski definition) is 3. The predicted molar refractivity (Wildman–Crippen MR) is 81.0 cm³/mol. The minimum atomic E-state index is -0.285. The molecule has 2 rings (SSSR count). The largest absolute Gasteiger partial charge is 0.393 e. The van der Waals surface area contributed by atoms with Gasteiger partial charge >= 0.3 is 0 Å². The van der Waals surface area contributed by atoms with Crippen LogP contribution in [0.5, 0.6) is 0 Å². The molecular formula is C14H25N3OS. The third-order valence-corrected chi connectivity index (χ3v) is 4.80. The van der Waals surface area contributed by atoms with Crippen LogP contribution in [0.15, 0.2) is 0 Å². The van der Waals surface area contributed by atoms with E-state index in [0.29, 0.717) is 17.5 Å². The lowest BCUT2D eigenvalue weighted by molar-refractivity contribution is -0.140. The highest BCUT2D eigenvalue weighted by Crippen LogP contribution is 2.25. The van der Waals surface area contributed by atoms with Crippen molar-refractivity contribution >= 4 is 23.1 Å². The van der Waals surface area contributed by atoms with Crippen LogP contribution in [0.25, 0.3) is 0 Å². The van der Waals surface area contributed by atoms with E-state index < -0.39 is 0 Å². The van der Waals surface area contributed by atoms with E-state index >= 15 is 0 Å². The molecule has 2 aliphatic rings. The minimum Gasteiger partial charge on any atom is -0.393 e. The molecule has 108 valence electrons. The van der Waals surface area contributed by atoms with Gasteiger partial charge in [-0.25, -0.2) is 0 Å². The standard InChI is InChI=1S/C14H25N3OS/c1-3-12(13(15)19)14(18)17-9-11-6-4-5-7-16(11)8-10(17)2/h10-12H,3-9H2,1-2H3,(H2,15,19). The number of carbonyl (C=O) groups is 1. The van der Waals surface area contributed by atoms with Gasteiger partial charge in [0.2, 0.25) is 5.91 Å². The van der Waals surface area contributed by atoms with Crippen LogP contribution in [-0.2, 0) is 4.79 Å². The van der Waals surface area contributed by atoms with Crippen molar-refractivity contribution in [1.82, 2.24) is 9.80 Å². The molecule has 2 fully saturated rings. The molecule has 0 radical (unpaired) electrons. The van der Waals surface area contributed by atoms with Crippen LogP contribution >= 0.6 is 12.2 Å². The fourth-order valence-electron chi connectivity index (χ4n) is 3.36. The number of piperidine rings is 1. The van der Waals surface area contributed by atoms with Crippen molar-refractivity contribution in [2.24, 2.45) is 11.7 Å². The van der Waals surface area contributed by atoms with E-state index in [1.54, 1.807) is 0 Å². The molecule has 0 aliphatic carbocycles. The zero-order chi connectivity index (χ0) is 14.0. The molecule has 0 saturated carbocycles. The second-order valence-electron chi connectivity index (χ2n) is 5.85. The predicted octanol–water partition coefficient (Wildman–Crippen LogP) is 1.38. The molecule has 5 heteroatoms. The van der Waals surface area contributed by atoms with Gasteiger partial charge in [0.1, 0.15) is 0 Å². The van der Waals surface area contributed by atoms with Gasteiger partial charge in [-0.3, -0.25) is 9.69 Å². The van der Waals surface area contributed by atoms with Crippen molar-refractivity contribution in [2.45, 2.75) is 51.6 Å². The van der Waals surface area contributed by atoms with Gasteiger partial charge in [0.15, 0.2) is 0 Å². The van der Waals surface area contributed by atoms with Crippen molar-refractivity contribution in [3.8, 4) is 0 Å². The summed E-state index contributed by atoms with van der Waals surface area (Å²) in [6.07, 6.45) is 4.48. The number of carbonyl (C=O) groups excluding carboxylic acids is 1. The Morgan fingerprint density at radius 1 is 1.42 bits per heavy atom. The van der Waals surface area contributed by atoms with E-state index in [-0.39, 0.29) is 17.9 Å². The molecule has 4 nitrogen and oxygen atoms in total. The average molecular weight is 283 g/mol. The first-order chi connectivity index (χ1) is 9.04. The van der Waals surface area contributed by atoms with Crippen molar-refractivity contribution in [2.75, 3.05) is 19.6 Å². The number of thiocarbonyl (C=S) groups is 1. The van der Waals surface area contributed by atoms with Gasteiger partial charge in [-0.05, 0) is 32.7 Å². The van der Waals surface area contributed by atoms with Crippen LogP contribution in [0.4, 0.5) is 0 Å². The summed E-state index contributed by atoms with van der Waals surface area (Å²) in [6, 6.07) is 0.808. The van der Waals surface area contributed by atoms with Gasteiger partial charge in [-0.15, -0.1) is 0 Å². The van der Waals surface area contributed by atoms with E-state index in [0.717, 1.165) is 13.1 Å².